The predicted octanol–water partition coefficient (Wildman–Crippen LogP) is 5.95. The number of anilines is 1. The third-order valence-electron chi connectivity index (χ3n) is 9.00. The van der Waals surface area contributed by atoms with E-state index in [1.165, 1.54) is 6.07 Å². The summed E-state index contributed by atoms with van der Waals surface area (Å²) in [6.07, 6.45) is 4.62. The number of Topliss-reactive ketones (excluding diaryl/α,β-unsaturated/α-hetero) is 1. The molecule has 4 atom stereocenters. The second-order valence-electron chi connectivity index (χ2n) is 13.4. The van der Waals surface area contributed by atoms with Gasteiger partial charge in [0.1, 0.15) is 11.2 Å². The third kappa shape index (κ3) is 6.00. The lowest BCUT2D eigenvalue weighted by molar-refractivity contribution is -0.123. The molecule has 11 heteroatoms. The molecule has 3 N–H and O–H groups in total. The molecule has 2 aromatic carbocycles. The zero-order valence-electron chi connectivity index (χ0n) is 24.3. The second kappa shape index (κ2) is 11.5. The van der Waals surface area contributed by atoms with Gasteiger partial charge in [-0.3, -0.25) is 9.59 Å². The first-order valence-corrected chi connectivity index (χ1v) is 17.1. The molecular formula is C31H38Cl2FN3O4S. The van der Waals surface area contributed by atoms with Gasteiger partial charge in [-0.2, -0.15) is 0 Å². The summed E-state index contributed by atoms with van der Waals surface area (Å²) in [6.45, 7) is 6.22. The summed E-state index contributed by atoms with van der Waals surface area (Å²) < 4.78 is 42.0. The molecule has 1 aliphatic carbocycles. The summed E-state index contributed by atoms with van der Waals surface area (Å²) in [5.41, 5.74) is -0.0312. The minimum absolute atomic E-state index is 0.0582. The molecule has 42 heavy (non-hydrogen) atoms. The number of benzene rings is 2. The van der Waals surface area contributed by atoms with Crippen molar-refractivity contribution in [3.63, 3.8) is 0 Å². The van der Waals surface area contributed by atoms with Crippen molar-refractivity contribution in [2.24, 2.45) is 11.3 Å². The van der Waals surface area contributed by atoms with E-state index in [4.69, 9.17) is 23.2 Å². The molecule has 0 aromatic heterocycles. The summed E-state index contributed by atoms with van der Waals surface area (Å²) >= 11 is 12.6. The molecule has 2 fully saturated rings. The van der Waals surface area contributed by atoms with E-state index in [9.17, 15) is 18.0 Å². The molecular weight excluding hydrogens is 600 g/mol. The molecule has 7 nitrogen and oxygen atoms in total. The van der Waals surface area contributed by atoms with Crippen LogP contribution in [0.1, 0.15) is 76.3 Å². The van der Waals surface area contributed by atoms with Gasteiger partial charge in [0, 0.05) is 35.1 Å². The Morgan fingerprint density at radius 1 is 1.12 bits per heavy atom. The Morgan fingerprint density at radius 3 is 2.45 bits per heavy atom. The normalized spacial score (nSPS) is 29.5. The van der Waals surface area contributed by atoms with Crippen LogP contribution in [-0.2, 0) is 25.0 Å². The SMILES string of the molecule is CC(C)(C)C[C@H]1N[C@@H](C(=O)CC2CCC(NS(C)(=O)=O)CC2)[C@H](c2cccc(Cl)c2F)[C@@]12C(=O)Nc1cc(Cl)ccc12. The average molecular weight is 639 g/mol. The van der Waals surface area contributed by atoms with Gasteiger partial charge in [0.15, 0.2) is 5.78 Å². The van der Waals surface area contributed by atoms with E-state index in [0.717, 1.165) is 6.26 Å². The zero-order chi connectivity index (χ0) is 30.6. The maximum atomic E-state index is 15.9. The van der Waals surface area contributed by atoms with Crippen LogP contribution in [0.4, 0.5) is 10.1 Å². The van der Waals surface area contributed by atoms with Gasteiger partial charge < -0.3 is 10.6 Å². The number of carbonyl (C=O) groups is 2. The summed E-state index contributed by atoms with van der Waals surface area (Å²) in [6, 6.07) is 8.50. The lowest BCUT2D eigenvalue weighted by Gasteiger charge is -2.38. The van der Waals surface area contributed by atoms with Gasteiger partial charge in [0.05, 0.1) is 17.3 Å². The van der Waals surface area contributed by atoms with Crippen LogP contribution in [0.15, 0.2) is 36.4 Å². The number of rotatable bonds is 7. The van der Waals surface area contributed by atoms with E-state index < -0.39 is 39.3 Å². The first-order chi connectivity index (χ1) is 19.6. The number of halogens is 3. The standard InChI is InChI=1S/C31H38Cl2FN3O4S/c1-30(2,3)16-25-31(21-13-10-18(32)15-23(21)35-29(31)39)26(20-6-5-7-22(33)27(20)34)28(36-25)24(38)14-17-8-11-19(12-9-17)37-42(4,40)41/h5-7,10,13,15,17,19,25-26,28,36-37H,8-9,11-12,14,16H2,1-4H3,(H,35,39)/t17?,19?,25-,26+,28+,31+/m1/s1. The van der Waals surface area contributed by atoms with Crippen LogP contribution in [-0.4, -0.2) is 44.5 Å². The minimum atomic E-state index is -3.31. The largest absolute Gasteiger partial charge is 0.325 e. The Morgan fingerprint density at radius 2 is 1.81 bits per heavy atom. The monoisotopic (exact) mass is 637 g/mol. The summed E-state index contributed by atoms with van der Waals surface area (Å²) in [5.74, 6) is -1.83. The van der Waals surface area contributed by atoms with E-state index in [0.29, 0.717) is 48.4 Å². The highest BCUT2D eigenvalue weighted by Gasteiger charge is 2.66. The van der Waals surface area contributed by atoms with E-state index >= 15 is 4.39 Å². The van der Waals surface area contributed by atoms with Crippen LogP contribution in [0.25, 0.3) is 0 Å². The minimum Gasteiger partial charge on any atom is -0.325 e. The van der Waals surface area contributed by atoms with Crippen LogP contribution >= 0.6 is 23.2 Å². The number of nitrogens with one attached hydrogen (secondary N) is 3. The van der Waals surface area contributed by atoms with Crippen LogP contribution in [0.2, 0.25) is 10.0 Å². The fraction of sp³-hybridized carbons (Fsp3) is 0.548. The number of hydrogen-bond acceptors (Lipinski definition) is 5. The molecule has 2 aliphatic heterocycles. The van der Waals surface area contributed by atoms with Gasteiger partial charge >= 0.3 is 0 Å². The number of amides is 1. The first-order valence-electron chi connectivity index (χ1n) is 14.4. The van der Waals surface area contributed by atoms with Crippen molar-refractivity contribution < 1.29 is 22.4 Å². The summed E-state index contributed by atoms with van der Waals surface area (Å²) in [4.78, 5) is 28.5. The fourth-order valence-electron chi connectivity index (χ4n) is 7.40. The van der Waals surface area contributed by atoms with E-state index in [-0.39, 0.29) is 46.1 Å². The highest BCUT2D eigenvalue weighted by Crippen LogP contribution is 2.57. The number of ketones is 1. The van der Waals surface area contributed by atoms with E-state index in [2.05, 4.69) is 36.1 Å². The van der Waals surface area contributed by atoms with Crippen molar-refractivity contribution in [3.8, 4) is 0 Å². The van der Waals surface area contributed by atoms with Crippen molar-refractivity contribution in [2.45, 2.75) is 88.8 Å². The second-order valence-corrected chi connectivity index (χ2v) is 16.0. The molecule has 5 rings (SSSR count). The van der Waals surface area contributed by atoms with Crippen LogP contribution in [0.3, 0.4) is 0 Å². The third-order valence-corrected chi connectivity index (χ3v) is 10.3. The van der Waals surface area contributed by atoms with Gasteiger partial charge in [-0.05, 0) is 72.8 Å². The zero-order valence-corrected chi connectivity index (χ0v) is 26.6. The Hall–Kier alpha value is -2.04. The molecule has 3 aliphatic rings. The first kappa shape index (κ1) is 31.4. The van der Waals surface area contributed by atoms with Crippen LogP contribution < -0.4 is 15.4 Å². The van der Waals surface area contributed by atoms with Crippen LogP contribution in [0.5, 0.6) is 0 Å². The van der Waals surface area contributed by atoms with Gasteiger partial charge in [-0.1, -0.05) is 62.2 Å². The number of carbonyl (C=O) groups excluding carboxylic acids is 2. The van der Waals surface area contributed by atoms with E-state index in [1.807, 2.05) is 6.07 Å². The molecule has 228 valence electrons. The average Bonchev–Trinajstić information content (AvgIpc) is 3.35. The summed E-state index contributed by atoms with van der Waals surface area (Å²) in [5, 5.41) is 6.94. The lowest BCUT2D eigenvalue weighted by atomic mass is 9.62. The number of fused-ring (bicyclic) bond motifs is 2. The number of hydrogen-bond donors (Lipinski definition) is 3. The molecule has 0 unspecified atom stereocenters. The molecule has 1 saturated carbocycles. The van der Waals surface area contributed by atoms with Gasteiger partial charge in [-0.25, -0.2) is 17.5 Å². The number of sulfonamides is 1. The van der Waals surface area contributed by atoms with Crippen molar-refractivity contribution in [1.82, 2.24) is 10.0 Å². The molecule has 0 bridgehead atoms. The molecule has 1 saturated heterocycles. The maximum absolute atomic E-state index is 15.9. The van der Waals surface area contributed by atoms with Crippen molar-refractivity contribution in [2.75, 3.05) is 11.6 Å². The Labute approximate surface area is 257 Å². The lowest BCUT2D eigenvalue weighted by Crippen LogP contribution is -2.49. The predicted molar refractivity (Wildman–Crippen MR) is 164 cm³/mol. The highest BCUT2D eigenvalue weighted by molar-refractivity contribution is 7.88. The Kier molecular flexibility index (Phi) is 8.57. The van der Waals surface area contributed by atoms with Gasteiger partial charge in [0.2, 0.25) is 15.9 Å². The quantitative estimate of drug-likeness (QED) is 0.348. The fourth-order valence-corrected chi connectivity index (χ4v) is 8.60. The molecule has 1 amide bonds. The smallest absolute Gasteiger partial charge is 0.237 e. The summed E-state index contributed by atoms with van der Waals surface area (Å²) in [7, 11) is -3.31. The molecule has 1 spiro atoms. The Bertz CT molecular complexity index is 1500. The highest BCUT2D eigenvalue weighted by atomic mass is 35.5. The topological polar surface area (TPSA) is 104 Å². The van der Waals surface area contributed by atoms with Crippen molar-refractivity contribution >= 4 is 50.6 Å². The molecule has 2 aromatic rings. The van der Waals surface area contributed by atoms with Gasteiger partial charge in [-0.15, -0.1) is 0 Å². The van der Waals surface area contributed by atoms with Gasteiger partial charge in [0.25, 0.3) is 0 Å². The maximum Gasteiger partial charge on any atom is 0.237 e. The molecule has 0 radical (unpaired) electrons. The van der Waals surface area contributed by atoms with Crippen molar-refractivity contribution in [1.29, 1.82) is 0 Å². The van der Waals surface area contributed by atoms with Crippen molar-refractivity contribution in [3.05, 3.63) is 63.4 Å². The van der Waals surface area contributed by atoms with E-state index in [1.54, 1.807) is 24.3 Å². The van der Waals surface area contributed by atoms with Crippen LogP contribution in [0, 0.1) is 17.2 Å². The Balaban J connectivity index is 1.56. The molecule has 2 heterocycles.